The Balaban J connectivity index is 0.00000272. The number of anilines is 1. The predicted molar refractivity (Wildman–Crippen MR) is 127 cm³/mol. The highest BCUT2D eigenvalue weighted by molar-refractivity contribution is 5.85. The normalized spacial score (nSPS) is 19.3. The number of rotatable bonds is 7. The number of nitrogens with zero attached hydrogens (tertiary/aromatic N) is 3. The monoisotopic (exact) mass is 441 g/mol. The minimum absolute atomic E-state index is 0. The molecule has 2 aromatic rings. The average Bonchev–Trinajstić information content (AvgIpc) is 2.83. The number of halogens is 1. The van der Waals surface area contributed by atoms with Gasteiger partial charge in [-0.25, -0.2) is 9.97 Å². The van der Waals surface area contributed by atoms with Crippen LogP contribution in [0.25, 0.3) is 5.57 Å². The molecule has 1 aromatic heterocycles. The Morgan fingerprint density at radius 2 is 1.81 bits per heavy atom. The van der Waals surface area contributed by atoms with Gasteiger partial charge in [0, 0.05) is 31.4 Å². The molecule has 166 valence electrons. The van der Waals surface area contributed by atoms with E-state index >= 15 is 0 Å². The zero-order valence-corrected chi connectivity index (χ0v) is 19.0. The summed E-state index contributed by atoms with van der Waals surface area (Å²) in [5.41, 5.74) is 3.77. The van der Waals surface area contributed by atoms with Crippen molar-refractivity contribution in [3.8, 4) is 5.75 Å². The predicted octanol–water partition coefficient (Wildman–Crippen LogP) is 5.14. The second-order valence-corrected chi connectivity index (χ2v) is 8.41. The fourth-order valence-electron chi connectivity index (χ4n) is 4.21. The minimum atomic E-state index is 0. The Hall–Kier alpha value is -2.40. The van der Waals surface area contributed by atoms with Gasteiger partial charge in [0.25, 0.3) is 0 Å². The molecule has 0 bridgehead atoms. The SMILES string of the molecule is CCc1cnc(N2CCC(COc3ccc(C4=CCC(C=O)CC4)cc3)CC2)nc1.Cl. The van der Waals surface area contributed by atoms with Gasteiger partial charge in [-0.3, -0.25) is 0 Å². The van der Waals surface area contributed by atoms with Crippen LogP contribution >= 0.6 is 12.4 Å². The van der Waals surface area contributed by atoms with Gasteiger partial charge in [0.05, 0.1) is 6.61 Å². The second-order valence-electron chi connectivity index (χ2n) is 8.41. The molecule has 0 radical (unpaired) electrons. The number of benzene rings is 1. The van der Waals surface area contributed by atoms with Gasteiger partial charge in [-0.1, -0.05) is 25.1 Å². The highest BCUT2D eigenvalue weighted by Crippen LogP contribution is 2.30. The first-order valence-electron chi connectivity index (χ1n) is 11.2. The van der Waals surface area contributed by atoms with Crippen LogP contribution in [0.2, 0.25) is 0 Å². The molecule has 1 aromatic carbocycles. The quantitative estimate of drug-likeness (QED) is 0.557. The molecule has 1 aliphatic carbocycles. The van der Waals surface area contributed by atoms with Crippen molar-refractivity contribution in [1.82, 2.24) is 9.97 Å². The Morgan fingerprint density at radius 1 is 1.10 bits per heavy atom. The van der Waals surface area contributed by atoms with E-state index in [9.17, 15) is 4.79 Å². The first kappa shape index (κ1) is 23.3. The van der Waals surface area contributed by atoms with Crippen molar-refractivity contribution in [3.05, 3.63) is 53.9 Å². The fraction of sp³-hybridized carbons (Fsp3) is 0.480. The van der Waals surface area contributed by atoms with Gasteiger partial charge in [-0.2, -0.15) is 0 Å². The van der Waals surface area contributed by atoms with E-state index in [1.165, 1.54) is 16.7 Å². The highest BCUT2D eigenvalue weighted by Gasteiger charge is 2.21. The Kier molecular flexibility index (Phi) is 8.47. The summed E-state index contributed by atoms with van der Waals surface area (Å²) in [7, 11) is 0. The van der Waals surface area contributed by atoms with Crippen LogP contribution in [0, 0.1) is 11.8 Å². The maximum absolute atomic E-state index is 10.9. The first-order chi connectivity index (χ1) is 14.7. The molecule has 0 spiro atoms. The average molecular weight is 442 g/mol. The summed E-state index contributed by atoms with van der Waals surface area (Å²) in [6.07, 6.45) is 13.1. The molecule has 5 nitrogen and oxygen atoms in total. The van der Waals surface area contributed by atoms with Crippen molar-refractivity contribution in [2.24, 2.45) is 11.8 Å². The highest BCUT2D eigenvalue weighted by atomic mass is 35.5. The van der Waals surface area contributed by atoms with E-state index in [0.717, 1.165) is 76.2 Å². The lowest BCUT2D eigenvalue weighted by molar-refractivity contribution is -0.111. The zero-order valence-electron chi connectivity index (χ0n) is 18.2. The van der Waals surface area contributed by atoms with Gasteiger partial charge >= 0.3 is 0 Å². The van der Waals surface area contributed by atoms with Gasteiger partial charge in [0.2, 0.25) is 5.95 Å². The number of ether oxygens (including phenoxy) is 1. The van der Waals surface area contributed by atoms with Crippen LogP contribution < -0.4 is 9.64 Å². The van der Waals surface area contributed by atoms with Crippen LogP contribution in [0.5, 0.6) is 5.75 Å². The van der Waals surface area contributed by atoms with E-state index < -0.39 is 0 Å². The van der Waals surface area contributed by atoms with Crippen molar-refractivity contribution in [2.45, 2.75) is 45.4 Å². The molecule has 2 heterocycles. The van der Waals surface area contributed by atoms with Gasteiger partial charge in [0.15, 0.2) is 0 Å². The molecule has 31 heavy (non-hydrogen) atoms. The Morgan fingerprint density at radius 3 is 2.39 bits per heavy atom. The van der Waals surface area contributed by atoms with Crippen LogP contribution in [-0.4, -0.2) is 36.0 Å². The number of carbonyl (C=O) groups excluding carboxylic acids is 1. The largest absolute Gasteiger partial charge is 0.493 e. The molecule has 4 rings (SSSR count). The van der Waals surface area contributed by atoms with Crippen molar-refractivity contribution in [1.29, 1.82) is 0 Å². The van der Waals surface area contributed by atoms with Crippen molar-refractivity contribution in [3.63, 3.8) is 0 Å². The van der Waals surface area contributed by atoms with Crippen LogP contribution in [0.3, 0.4) is 0 Å². The molecule has 1 saturated heterocycles. The van der Waals surface area contributed by atoms with E-state index in [2.05, 4.69) is 52.1 Å². The van der Waals surface area contributed by atoms with Crippen molar-refractivity contribution < 1.29 is 9.53 Å². The molecule has 0 saturated carbocycles. The standard InChI is InChI=1S/C25H31N3O2.ClH/c1-2-19-15-26-25(27-16-19)28-13-11-21(12-14-28)18-30-24-9-7-23(8-10-24)22-5-3-20(17-29)4-6-22;/h5,7-10,15-17,20-21H,2-4,6,11-14,18H2,1H3;1H. The van der Waals surface area contributed by atoms with Gasteiger partial charge in [-0.15, -0.1) is 12.4 Å². The number of carbonyl (C=O) groups is 1. The molecule has 1 atom stereocenters. The lowest BCUT2D eigenvalue weighted by atomic mass is 9.87. The molecule has 0 N–H and O–H groups in total. The van der Waals surface area contributed by atoms with Gasteiger partial charge in [-0.05, 0) is 73.3 Å². The second kappa shape index (κ2) is 11.3. The van der Waals surface area contributed by atoms with E-state index in [0.29, 0.717) is 5.92 Å². The molecule has 6 heteroatoms. The number of aldehydes is 1. The van der Waals surface area contributed by atoms with Crippen LogP contribution in [-0.2, 0) is 11.2 Å². The van der Waals surface area contributed by atoms with E-state index in [-0.39, 0.29) is 18.3 Å². The van der Waals surface area contributed by atoms with Crippen LogP contribution in [0.15, 0.2) is 42.7 Å². The maximum atomic E-state index is 10.9. The zero-order chi connectivity index (χ0) is 20.8. The minimum Gasteiger partial charge on any atom is -0.493 e. The van der Waals surface area contributed by atoms with Gasteiger partial charge in [0.1, 0.15) is 12.0 Å². The fourth-order valence-corrected chi connectivity index (χ4v) is 4.21. The molecule has 2 aliphatic rings. The number of hydrogen-bond acceptors (Lipinski definition) is 5. The number of aromatic nitrogens is 2. The van der Waals surface area contributed by atoms with E-state index in [1.807, 2.05) is 12.4 Å². The molecule has 1 fully saturated rings. The van der Waals surface area contributed by atoms with E-state index in [1.54, 1.807) is 0 Å². The summed E-state index contributed by atoms with van der Waals surface area (Å²) >= 11 is 0. The number of aryl methyl sites for hydroxylation is 1. The molecule has 0 amide bonds. The number of allylic oxidation sites excluding steroid dienone is 2. The Labute approximate surface area is 191 Å². The summed E-state index contributed by atoms with van der Waals surface area (Å²) in [6.45, 7) is 4.84. The van der Waals surface area contributed by atoms with Crippen LogP contribution in [0.1, 0.15) is 50.2 Å². The maximum Gasteiger partial charge on any atom is 0.225 e. The summed E-state index contributed by atoms with van der Waals surface area (Å²) in [4.78, 5) is 22.2. The topological polar surface area (TPSA) is 55.3 Å². The molecule has 1 aliphatic heterocycles. The summed E-state index contributed by atoms with van der Waals surface area (Å²) in [6, 6.07) is 8.42. The van der Waals surface area contributed by atoms with Gasteiger partial charge < -0.3 is 14.4 Å². The third-order valence-corrected chi connectivity index (χ3v) is 6.35. The van der Waals surface area contributed by atoms with Crippen molar-refractivity contribution in [2.75, 3.05) is 24.6 Å². The van der Waals surface area contributed by atoms with E-state index in [4.69, 9.17) is 4.74 Å². The van der Waals surface area contributed by atoms with Crippen molar-refractivity contribution >= 4 is 30.2 Å². The third-order valence-electron chi connectivity index (χ3n) is 6.35. The first-order valence-corrected chi connectivity index (χ1v) is 11.2. The Bertz CT molecular complexity index is 859. The molecular formula is C25H32ClN3O2. The number of piperidine rings is 1. The summed E-state index contributed by atoms with van der Waals surface area (Å²) < 4.78 is 6.08. The molecular weight excluding hydrogens is 410 g/mol. The lowest BCUT2D eigenvalue weighted by Gasteiger charge is -2.31. The third kappa shape index (κ3) is 6.07. The smallest absolute Gasteiger partial charge is 0.225 e. The lowest BCUT2D eigenvalue weighted by Crippen LogP contribution is -2.36. The molecule has 1 unspecified atom stereocenters. The number of hydrogen-bond donors (Lipinski definition) is 0. The van der Waals surface area contributed by atoms with Crippen LogP contribution in [0.4, 0.5) is 5.95 Å². The summed E-state index contributed by atoms with van der Waals surface area (Å²) in [5.74, 6) is 2.54. The summed E-state index contributed by atoms with van der Waals surface area (Å²) in [5, 5.41) is 0.